The van der Waals surface area contributed by atoms with Gasteiger partial charge in [0.2, 0.25) is 11.0 Å². The van der Waals surface area contributed by atoms with E-state index >= 15 is 0 Å². The second kappa shape index (κ2) is 7.25. The Bertz CT molecular complexity index is 1270. The summed E-state index contributed by atoms with van der Waals surface area (Å²) in [4.78, 5) is 17.4. The molecule has 0 spiro atoms. The molecule has 1 amide bonds. The van der Waals surface area contributed by atoms with Gasteiger partial charge in [0.25, 0.3) is 0 Å². The van der Waals surface area contributed by atoms with Gasteiger partial charge in [-0.3, -0.25) is 4.79 Å². The number of hydrogen-bond donors (Lipinski definition) is 1. The van der Waals surface area contributed by atoms with Crippen LogP contribution in [0.25, 0.3) is 15.3 Å². The molecule has 0 aliphatic carbocycles. The number of ether oxygens (including phenoxy) is 1. The average Bonchev–Trinajstić information content (AvgIpc) is 3.28. The number of nitrogens with one attached hydrogen (secondary N) is 1. The number of benzene rings is 2. The van der Waals surface area contributed by atoms with Gasteiger partial charge in [0, 0.05) is 17.9 Å². The highest BCUT2D eigenvalue weighted by Crippen LogP contribution is 2.41. The Hall–Kier alpha value is -3.19. The Morgan fingerprint density at radius 3 is 2.93 bits per heavy atom. The van der Waals surface area contributed by atoms with Crippen molar-refractivity contribution in [1.29, 1.82) is 0 Å². The Morgan fingerprint density at radius 1 is 1.23 bits per heavy atom. The summed E-state index contributed by atoms with van der Waals surface area (Å²) in [6.07, 6.45) is 0.383. The summed E-state index contributed by atoms with van der Waals surface area (Å²) >= 11 is 1.58. The van der Waals surface area contributed by atoms with Crippen molar-refractivity contribution in [2.24, 2.45) is 0 Å². The highest BCUT2D eigenvalue weighted by molar-refractivity contribution is 7.20. The summed E-state index contributed by atoms with van der Waals surface area (Å²) < 4.78 is 8.56. The summed E-state index contributed by atoms with van der Waals surface area (Å²) in [6, 6.07) is 14.2. The molecule has 1 unspecified atom stereocenters. The minimum absolute atomic E-state index is 0.0209. The SMILES string of the molecule is CCOc1cccc(C2CC(=O)Nc3c2c(C)nn3-c2nc3ccc(C)cc3s2)c1. The number of fused-ring (bicyclic) bond motifs is 2. The topological polar surface area (TPSA) is 69.0 Å². The van der Waals surface area contributed by atoms with Crippen LogP contribution in [-0.4, -0.2) is 27.3 Å². The summed E-state index contributed by atoms with van der Waals surface area (Å²) in [5, 5.41) is 8.56. The van der Waals surface area contributed by atoms with Crippen molar-refractivity contribution in [2.45, 2.75) is 33.1 Å². The van der Waals surface area contributed by atoms with Gasteiger partial charge in [-0.2, -0.15) is 9.78 Å². The van der Waals surface area contributed by atoms with Gasteiger partial charge in [-0.05, 0) is 56.2 Å². The first-order chi connectivity index (χ1) is 14.5. The zero-order chi connectivity index (χ0) is 20.8. The van der Waals surface area contributed by atoms with Crippen LogP contribution in [0.4, 0.5) is 5.82 Å². The number of nitrogens with zero attached hydrogens (tertiary/aromatic N) is 3. The maximum atomic E-state index is 12.6. The second-order valence-electron chi connectivity index (χ2n) is 7.54. The second-order valence-corrected chi connectivity index (χ2v) is 8.55. The fraction of sp³-hybridized carbons (Fsp3) is 0.261. The zero-order valence-electron chi connectivity index (χ0n) is 17.1. The number of carbonyl (C=O) groups excluding carboxylic acids is 1. The third kappa shape index (κ3) is 3.15. The predicted molar refractivity (Wildman–Crippen MR) is 119 cm³/mol. The molecule has 30 heavy (non-hydrogen) atoms. The monoisotopic (exact) mass is 418 g/mol. The van der Waals surface area contributed by atoms with Crippen molar-refractivity contribution in [2.75, 3.05) is 11.9 Å². The molecule has 3 heterocycles. The summed E-state index contributed by atoms with van der Waals surface area (Å²) in [5.74, 6) is 1.44. The Labute approximate surface area is 178 Å². The van der Waals surface area contributed by atoms with E-state index in [0.29, 0.717) is 18.8 Å². The molecular weight excluding hydrogens is 396 g/mol. The molecule has 0 bridgehead atoms. The van der Waals surface area contributed by atoms with Gasteiger partial charge in [-0.25, -0.2) is 4.98 Å². The van der Waals surface area contributed by atoms with Crippen molar-refractivity contribution in [1.82, 2.24) is 14.8 Å². The lowest BCUT2D eigenvalue weighted by Crippen LogP contribution is -2.25. The number of hydrogen-bond acceptors (Lipinski definition) is 5. The number of thiazole rings is 1. The van der Waals surface area contributed by atoms with E-state index < -0.39 is 0 Å². The molecule has 1 N–H and O–H groups in total. The summed E-state index contributed by atoms with van der Waals surface area (Å²) in [5.41, 5.74) is 5.12. The van der Waals surface area contributed by atoms with E-state index in [0.717, 1.165) is 37.9 Å². The van der Waals surface area contributed by atoms with E-state index in [-0.39, 0.29) is 11.8 Å². The smallest absolute Gasteiger partial charge is 0.226 e. The van der Waals surface area contributed by atoms with Gasteiger partial charge in [0.1, 0.15) is 11.6 Å². The molecule has 1 aliphatic rings. The van der Waals surface area contributed by atoms with Gasteiger partial charge in [-0.1, -0.05) is 29.5 Å². The Kier molecular flexibility index (Phi) is 4.55. The molecule has 152 valence electrons. The molecule has 5 rings (SSSR count). The van der Waals surface area contributed by atoms with Gasteiger partial charge in [-0.15, -0.1) is 0 Å². The molecule has 6 nitrogen and oxygen atoms in total. The molecule has 0 saturated carbocycles. The minimum atomic E-state index is -0.0699. The normalized spacial score (nSPS) is 15.8. The number of aryl methyl sites for hydroxylation is 2. The number of carbonyl (C=O) groups is 1. The zero-order valence-corrected chi connectivity index (χ0v) is 17.9. The van der Waals surface area contributed by atoms with Gasteiger partial charge < -0.3 is 10.1 Å². The molecule has 1 aliphatic heterocycles. The standard InChI is InChI=1S/C23H22N4O2S/c1-4-29-16-7-5-6-15(11-16)17-12-20(28)25-22-21(17)14(3)26-27(22)23-24-18-9-8-13(2)10-19(18)30-23/h5-11,17H,4,12H2,1-3H3,(H,25,28). The highest BCUT2D eigenvalue weighted by Gasteiger charge is 2.33. The molecule has 0 saturated heterocycles. The number of anilines is 1. The minimum Gasteiger partial charge on any atom is -0.494 e. The summed E-state index contributed by atoms with van der Waals surface area (Å²) in [7, 11) is 0. The number of aromatic nitrogens is 3. The van der Waals surface area contributed by atoms with Crippen LogP contribution in [0.3, 0.4) is 0 Å². The third-order valence-corrected chi connectivity index (χ3v) is 6.38. The fourth-order valence-electron chi connectivity index (χ4n) is 4.07. The van der Waals surface area contributed by atoms with Crippen LogP contribution in [0.1, 0.15) is 41.6 Å². The maximum absolute atomic E-state index is 12.6. The van der Waals surface area contributed by atoms with Crippen LogP contribution in [-0.2, 0) is 4.79 Å². The maximum Gasteiger partial charge on any atom is 0.226 e. The van der Waals surface area contributed by atoms with E-state index in [1.54, 1.807) is 16.0 Å². The van der Waals surface area contributed by atoms with Crippen LogP contribution < -0.4 is 10.1 Å². The van der Waals surface area contributed by atoms with Crippen LogP contribution >= 0.6 is 11.3 Å². The highest BCUT2D eigenvalue weighted by atomic mass is 32.1. The first-order valence-electron chi connectivity index (χ1n) is 10.0. The third-order valence-electron chi connectivity index (χ3n) is 5.39. The van der Waals surface area contributed by atoms with Crippen LogP contribution in [0.5, 0.6) is 5.75 Å². The van der Waals surface area contributed by atoms with Crippen molar-refractivity contribution >= 4 is 33.3 Å². The number of amides is 1. The van der Waals surface area contributed by atoms with Crippen LogP contribution in [0.2, 0.25) is 0 Å². The van der Waals surface area contributed by atoms with E-state index in [1.165, 1.54) is 5.56 Å². The van der Waals surface area contributed by atoms with E-state index in [1.807, 2.05) is 44.2 Å². The van der Waals surface area contributed by atoms with Crippen molar-refractivity contribution in [3.63, 3.8) is 0 Å². The van der Waals surface area contributed by atoms with Crippen molar-refractivity contribution < 1.29 is 9.53 Å². The average molecular weight is 419 g/mol. The lowest BCUT2D eigenvalue weighted by molar-refractivity contribution is -0.116. The van der Waals surface area contributed by atoms with E-state index in [2.05, 4.69) is 24.4 Å². The quantitative estimate of drug-likeness (QED) is 0.508. The molecule has 0 radical (unpaired) electrons. The van der Waals surface area contributed by atoms with Gasteiger partial charge in [0.15, 0.2) is 0 Å². The molecular formula is C23H22N4O2S. The van der Waals surface area contributed by atoms with Crippen molar-refractivity contribution in [3.05, 3.63) is 64.8 Å². The molecule has 2 aromatic heterocycles. The Balaban J connectivity index is 1.63. The van der Waals surface area contributed by atoms with Crippen LogP contribution in [0, 0.1) is 13.8 Å². The lowest BCUT2D eigenvalue weighted by atomic mass is 9.86. The molecule has 7 heteroatoms. The van der Waals surface area contributed by atoms with Gasteiger partial charge >= 0.3 is 0 Å². The molecule has 0 fully saturated rings. The van der Waals surface area contributed by atoms with E-state index in [4.69, 9.17) is 14.8 Å². The molecule has 4 aromatic rings. The number of rotatable bonds is 4. The van der Waals surface area contributed by atoms with Crippen LogP contribution in [0.15, 0.2) is 42.5 Å². The first-order valence-corrected chi connectivity index (χ1v) is 10.8. The Morgan fingerprint density at radius 2 is 2.10 bits per heavy atom. The first kappa shape index (κ1) is 18.8. The van der Waals surface area contributed by atoms with Crippen molar-refractivity contribution in [3.8, 4) is 10.9 Å². The lowest BCUT2D eigenvalue weighted by Gasteiger charge is -2.24. The van der Waals surface area contributed by atoms with Gasteiger partial charge in [0.05, 0.1) is 22.5 Å². The van der Waals surface area contributed by atoms with E-state index in [9.17, 15) is 4.79 Å². The fourth-order valence-corrected chi connectivity index (χ4v) is 5.09. The molecule has 2 aromatic carbocycles. The largest absolute Gasteiger partial charge is 0.494 e. The predicted octanol–water partition coefficient (Wildman–Crippen LogP) is 4.97. The molecule has 1 atom stereocenters. The summed E-state index contributed by atoms with van der Waals surface area (Å²) in [6.45, 7) is 6.63.